The maximum atomic E-state index is 11.4. The summed E-state index contributed by atoms with van der Waals surface area (Å²) in [4.78, 5) is 17.7. The van der Waals surface area contributed by atoms with Crippen LogP contribution in [-0.2, 0) is 6.54 Å². The number of pyridine rings is 1. The van der Waals surface area contributed by atoms with Crippen LogP contribution in [0.2, 0.25) is 0 Å². The minimum Gasteiger partial charge on any atom is -0.478 e. The lowest BCUT2D eigenvalue weighted by Gasteiger charge is -2.34. The van der Waals surface area contributed by atoms with Gasteiger partial charge in [-0.3, -0.25) is 4.68 Å². The summed E-state index contributed by atoms with van der Waals surface area (Å²) in [6.45, 7) is 2.02. The summed E-state index contributed by atoms with van der Waals surface area (Å²) in [5.41, 5.74) is 1.31. The van der Waals surface area contributed by atoms with Crippen LogP contribution in [0.25, 0.3) is 0 Å². The third kappa shape index (κ3) is 3.19. The van der Waals surface area contributed by atoms with Crippen LogP contribution in [0.15, 0.2) is 30.6 Å². The van der Waals surface area contributed by atoms with Gasteiger partial charge in [0.25, 0.3) is 0 Å². The Morgan fingerprint density at radius 2 is 2.22 bits per heavy atom. The average Bonchev–Trinajstić information content (AvgIpc) is 3.03. The topological polar surface area (TPSA) is 91.5 Å². The number of rotatable bonds is 5. The van der Waals surface area contributed by atoms with E-state index < -0.39 is 5.97 Å². The molecule has 122 valence electrons. The van der Waals surface area contributed by atoms with E-state index in [4.69, 9.17) is 5.11 Å². The molecule has 3 rings (SSSR count). The van der Waals surface area contributed by atoms with E-state index in [-0.39, 0.29) is 18.1 Å². The predicted octanol–water partition coefficient (Wildman–Crippen LogP) is 1.35. The van der Waals surface area contributed by atoms with E-state index in [1.165, 1.54) is 0 Å². The number of piperidine rings is 1. The number of carboxylic acids is 1. The third-order valence-corrected chi connectivity index (χ3v) is 4.22. The van der Waals surface area contributed by atoms with Crippen LogP contribution in [0.3, 0.4) is 0 Å². The van der Waals surface area contributed by atoms with Gasteiger partial charge in [0.2, 0.25) is 0 Å². The van der Waals surface area contributed by atoms with Gasteiger partial charge in [-0.2, -0.15) is 5.10 Å². The zero-order chi connectivity index (χ0) is 16.2. The fourth-order valence-corrected chi connectivity index (χ4v) is 3.20. The Morgan fingerprint density at radius 1 is 1.35 bits per heavy atom. The summed E-state index contributed by atoms with van der Waals surface area (Å²) in [6.07, 6.45) is 5.35. The lowest BCUT2D eigenvalue weighted by molar-refractivity contribution is 0.0697. The fraction of sp³-hybridized carbons (Fsp3) is 0.438. The Morgan fingerprint density at radius 3 is 3.00 bits per heavy atom. The summed E-state index contributed by atoms with van der Waals surface area (Å²) in [5, 5.41) is 22.7. The Labute approximate surface area is 134 Å². The monoisotopic (exact) mass is 316 g/mol. The van der Waals surface area contributed by atoms with E-state index in [2.05, 4.69) is 10.1 Å². The first-order valence-corrected chi connectivity index (χ1v) is 7.76. The molecule has 3 heterocycles. The van der Waals surface area contributed by atoms with Crippen molar-refractivity contribution in [3.05, 3.63) is 41.9 Å². The summed E-state index contributed by atoms with van der Waals surface area (Å²) in [7, 11) is 0. The first-order chi connectivity index (χ1) is 11.2. The second-order valence-corrected chi connectivity index (χ2v) is 5.67. The molecule has 0 bridgehead atoms. The summed E-state index contributed by atoms with van der Waals surface area (Å²) >= 11 is 0. The van der Waals surface area contributed by atoms with Crippen molar-refractivity contribution in [3.8, 4) is 0 Å². The van der Waals surface area contributed by atoms with Gasteiger partial charge < -0.3 is 15.1 Å². The smallest absolute Gasteiger partial charge is 0.339 e. The van der Waals surface area contributed by atoms with Crippen LogP contribution in [0.4, 0.5) is 5.82 Å². The summed E-state index contributed by atoms with van der Waals surface area (Å²) in [6, 6.07) is 5.20. The molecular formula is C16H20N4O3. The molecule has 1 unspecified atom stereocenters. The summed E-state index contributed by atoms with van der Waals surface area (Å²) < 4.78 is 1.82. The number of aliphatic hydroxyl groups excluding tert-OH is 1. The molecule has 23 heavy (non-hydrogen) atoms. The standard InChI is InChI=1S/C16H20N4O3/c21-10-9-20-14(5-7-18-20)12-3-2-8-19(11-12)15-13(16(22)23)4-1-6-17-15/h1,4-7,12,21H,2-3,8-11H2,(H,22,23). The second-order valence-electron chi connectivity index (χ2n) is 5.67. The van der Waals surface area contributed by atoms with Gasteiger partial charge in [-0.1, -0.05) is 0 Å². The van der Waals surface area contributed by atoms with Gasteiger partial charge in [-0.25, -0.2) is 9.78 Å². The molecule has 0 radical (unpaired) electrons. The molecule has 1 saturated heterocycles. The van der Waals surface area contributed by atoms with Gasteiger partial charge in [0, 0.05) is 37.1 Å². The van der Waals surface area contributed by atoms with Crippen molar-refractivity contribution in [2.45, 2.75) is 25.3 Å². The van der Waals surface area contributed by atoms with Crippen molar-refractivity contribution in [3.63, 3.8) is 0 Å². The highest BCUT2D eigenvalue weighted by Gasteiger charge is 2.27. The van der Waals surface area contributed by atoms with E-state index in [9.17, 15) is 9.90 Å². The van der Waals surface area contributed by atoms with Crippen LogP contribution in [0, 0.1) is 0 Å². The lowest BCUT2D eigenvalue weighted by atomic mass is 9.94. The molecule has 0 aromatic carbocycles. The van der Waals surface area contributed by atoms with Crippen molar-refractivity contribution in [1.82, 2.24) is 14.8 Å². The first kappa shape index (κ1) is 15.5. The number of carboxylic acid groups (broad SMARTS) is 1. The highest BCUT2D eigenvalue weighted by molar-refractivity contribution is 5.93. The van der Waals surface area contributed by atoms with E-state index in [0.29, 0.717) is 18.9 Å². The van der Waals surface area contributed by atoms with Gasteiger partial charge in [0.05, 0.1) is 13.2 Å². The number of carbonyl (C=O) groups is 1. The molecule has 1 aliphatic rings. The van der Waals surface area contributed by atoms with Gasteiger partial charge in [0.15, 0.2) is 0 Å². The molecule has 2 aromatic rings. The van der Waals surface area contributed by atoms with Gasteiger partial charge in [-0.15, -0.1) is 0 Å². The minimum atomic E-state index is -0.958. The van der Waals surface area contributed by atoms with Crippen LogP contribution in [0.5, 0.6) is 0 Å². The van der Waals surface area contributed by atoms with Crippen molar-refractivity contribution in [1.29, 1.82) is 0 Å². The first-order valence-electron chi connectivity index (χ1n) is 7.76. The Hall–Kier alpha value is -2.41. The molecule has 1 atom stereocenters. The van der Waals surface area contributed by atoms with Crippen LogP contribution >= 0.6 is 0 Å². The van der Waals surface area contributed by atoms with Crippen molar-refractivity contribution in [2.24, 2.45) is 0 Å². The molecule has 0 saturated carbocycles. The largest absolute Gasteiger partial charge is 0.478 e. The van der Waals surface area contributed by atoms with Crippen LogP contribution in [0.1, 0.15) is 34.8 Å². The number of aromatic carboxylic acids is 1. The molecule has 0 aliphatic carbocycles. The van der Waals surface area contributed by atoms with E-state index >= 15 is 0 Å². The second kappa shape index (κ2) is 6.78. The van der Waals surface area contributed by atoms with Crippen molar-refractivity contribution >= 4 is 11.8 Å². The SMILES string of the molecule is O=C(O)c1cccnc1N1CCCC(c2ccnn2CCO)C1. The highest BCUT2D eigenvalue weighted by Crippen LogP contribution is 2.30. The Balaban J connectivity index is 1.84. The molecule has 0 amide bonds. The molecule has 0 spiro atoms. The maximum absolute atomic E-state index is 11.4. The minimum absolute atomic E-state index is 0.0501. The van der Waals surface area contributed by atoms with Gasteiger partial charge >= 0.3 is 5.97 Å². The zero-order valence-corrected chi connectivity index (χ0v) is 12.8. The molecule has 7 nitrogen and oxygen atoms in total. The van der Waals surface area contributed by atoms with Crippen molar-refractivity contribution in [2.75, 3.05) is 24.6 Å². The molecule has 2 N–H and O–H groups in total. The van der Waals surface area contributed by atoms with Crippen molar-refractivity contribution < 1.29 is 15.0 Å². The van der Waals surface area contributed by atoms with Crippen LogP contribution in [-0.4, -0.2) is 50.6 Å². The number of anilines is 1. The molecule has 1 aliphatic heterocycles. The van der Waals surface area contributed by atoms with Gasteiger partial charge in [0.1, 0.15) is 11.4 Å². The zero-order valence-electron chi connectivity index (χ0n) is 12.8. The van der Waals surface area contributed by atoms with E-state index in [1.54, 1.807) is 24.5 Å². The quantitative estimate of drug-likeness (QED) is 0.865. The molecular weight excluding hydrogens is 296 g/mol. The maximum Gasteiger partial charge on any atom is 0.339 e. The number of hydrogen-bond donors (Lipinski definition) is 2. The van der Waals surface area contributed by atoms with E-state index in [0.717, 1.165) is 25.1 Å². The molecule has 1 fully saturated rings. The number of aliphatic hydroxyl groups is 1. The van der Waals surface area contributed by atoms with E-state index in [1.807, 2.05) is 15.6 Å². The average molecular weight is 316 g/mol. The van der Waals surface area contributed by atoms with Crippen LogP contribution < -0.4 is 4.90 Å². The number of nitrogens with zero attached hydrogens (tertiary/aromatic N) is 4. The Bertz CT molecular complexity index is 685. The number of hydrogen-bond acceptors (Lipinski definition) is 5. The Kier molecular flexibility index (Phi) is 4.57. The van der Waals surface area contributed by atoms with Gasteiger partial charge in [-0.05, 0) is 31.0 Å². The molecule has 2 aromatic heterocycles. The fourth-order valence-electron chi connectivity index (χ4n) is 3.20. The number of aromatic nitrogens is 3. The predicted molar refractivity (Wildman–Crippen MR) is 84.7 cm³/mol. The lowest BCUT2D eigenvalue weighted by Crippen LogP contribution is -2.36. The highest BCUT2D eigenvalue weighted by atomic mass is 16.4. The normalized spacial score (nSPS) is 18.1. The third-order valence-electron chi connectivity index (χ3n) is 4.22. The summed E-state index contributed by atoms with van der Waals surface area (Å²) in [5.74, 6) is -0.181. The molecule has 7 heteroatoms.